The molecule has 0 aliphatic rings. The normalized spacial score (nSPS) is 10.4. The van der Waals surface area contributed by atoms with Crippen LogP contribution in [0.3, 0.4) is 0 Å². The minimum atomic E-state index is -0.0552. The number of benzene rings is 2. The molecule has 0 aliphatic carbocycles. The zero-order chi connectivity index (χ0) is 16.8. The fourth-order valence-electron chi connectivity index (χ4n) is 1.94. The van der Waals surface area contributed by atoms with E-state index in [0.29, 0.717) is 35.2 Å². The predicted molar refractivity (Wildman–Crippen MR) is 98.7 cm³/mol. The van der Waals surface area contributed by atoms with Crippen LogP contribution in [0.25, 0.3) is 0 Å². The largest absolute Gasteiger partial charge is 0.492 e. The summed E-state index contributed by atoms with van der Waals surface area (Å²) in [5, 5.41) is 3.89. The van der Waals surface area contributed by atoms with Gasteiger partial charge in [0.05, 0.1) is 17.3 Å². The SMILES string of the molecule is Cc1ccc(NC(=O)CCCOc2ccc(Cl)cc2Cl)c(Br)c1. The Morgan fingerprint density at radius 3 is 2.70 bits per heavy atom. The number of nitrogens with one attached hydrogen (secondary N) is 1. The van der Waals surface area contributed by atoms with Gasteiger partial charge in [-0.15, -0.1) is 0 Å². The third kappa shape index (κ3) is 5.72. The molecule has 0 aliphatic heterocycles. The van der Waals surface area contributed by atoms with Crippen LogP contribution in [-0.2, 0) is 4.79 Å². The summed E-state index contributed by atoms with van der Waals surface area (Å²) in [7, 11) is 0. The lowest BCUT2D eigenvalue weighted by molar-refractivity contribution is -0.116. The number of amides is 1. The maximum absolute atomic E-state index is 11.9. The molecule has 0 saturated heterocycles. The van der Waals surface area contributed by atoms with Gasteiger partial charge in [0.1, 0.15) is 5.75 Å². The molecule has 0 fully saturated rings. The molecule has 0 radical (unpaired) electrons. The predicted octanol–water partition coefficient (Wildman–Crippen LogP) is 5.86. The van der Waals surface area contributed by atoms with E-state index in [1.165, 1.54) is 0 Å². The molecule has 6 heteroatoms. The van der Waals surface area contributed by atoms with E-state index in [2.05, 4.69) is 21.2 Å². The fraction of sp³-hybridized carbons (Fsp3) is 0.235. The molecule has 0 unspecified atom stereocenters. The molecule has 122 valence electrons. The number of aryl methyl sites for hydroxylation is 1. The molecular formula is C17H16BrCl2NO2. The topological polar surface area (TPSA) is 38.3 Å². The Labute approximate surface area is 154 Å². The Hall–Kier alpha value is -1.23. The average Bonchev–Trinajstić information content (AvgIpc) is 2.48. The quantitative estimate of drug-likeness (QED) is 0.598. The van der Waals surface area contributed by atoms with E-state index in [1.54, 1.807) is 18.2 Å². The molecule has 1 amide bonds. The van der Waals surface area contributed by atoms with E-state index in [4.69, 9.17) is 27.9 Å². The Balaban J connectivity index is 1.76. The first kappa shape index (κ1) is 18.1. The second kappa shape index (κ2) is 8.57. The molecule has 3 nitrogen and oxygen atoms in total. The molecule has 1 N–H and O–H groups in total. The van der Waals surface area contributed by atoms with Gasteiger partial charge in [0.2, 0.25) is 5.91 Å². The summed E-state index contributed by atoms with van der Waals surface area (Å²) in [6.07, 6.45) is 0.958. The van der Waals surface area contributed by atoms with Gasteiger partial charge in [-0.05, 0) is 65.2 Å². The lowest BCUT2D eigenvalue weighted by Gasteiger charge is -2.10. The molecule has 2 rings (SSSR count). The summed E-state index contributed by atoms with van der Waals surface area (Å²) < 4.78 is 6.42. The molecule has 2 aromatic rings. The van der Waals surface area contributed by atoms with Crippen molar-refractivity contribution in [3.8, 4) is 5.75 Å². The Morgan fingerprint density at radius 2 is 2.00 bits per heavy atom. The number of carbonyl (C=O) groups is 1. The van der Waals surface area contributed by atoms with Gasteiger partial charge in [0, 0.05) is 15.9 Å². The summed E-state index contributed by atoms with van der Waals surface area (Å²) in [5.74, 6) is 0.512. The monoisotopic (exact) mass is 415 g/mol. The van der Waals surface area contributed by atoms with Crippen molar-refractivity contribution in [1.82, 2.24) is 0 Å². The van der Waals surface area contributed by atoms with Crippen molar-refractivity contribution in [1.29, 1.82) is 0 Å². The highest BCUT2D eigenvalue weighted by Gasteiger charge is 2.07. The van der Waals surface area contributed by atoms with Gasteiger partial charge in [-0.1, -0.05) is 29.3 Å². The first-order valence-corrected chi connectivity index (χ1v) is 8.64. The number of hydrogen-bond acceptors (Lipinski definition) is 2. The number of ether oxygens (including phenoxy) is 1. The van der Waals surface area contributed by atoms with E-state index in [-0.39, 0.29) is 5.91 Å². The summed E-state index contributed by atoms with van der Waals surface area (Å²) in [6, 6.07) is 10.8. The van der Waals surface area contributed by atoms with Crippen molar-refractivity contribution in [2.75, 3.05) is 11.9 Å². The molecule has 2 aromatic carbocycles. The van der Waals surface area contributed by atoms with Crippen LogP contribution < -0.4 is 10.1 Å². The third-order valence-corrected chi connectivity index (χ3v) is 4.28. The molecule has 0 heterocycles. The zero-order valence-corrected chi connectivity index (χ0v) is 15.6. The standard InChI is InChI=1S/C17H16BrCl2NO2/c1-11-4-6-15(13(18)9-11)21-17(22)3-2-8-23-16-7-5-12(19)10-14(16)20/h4-7,9-10H,2-3,8H2,1H3,(H,21,22). The molecule has 23 heavy (non-hydrogen) atoms. The van der Waals surface area contributed by atoms with Crippen molar-refractivity contribution in [3.63, 3.8) is 0 Å². The second-order valence-electron chi connectivity index (χ2n) is 5.06. The van der Waals surface area contributed by atoms with E-state index >= 15 is 0 Å². The van der Waals surface area contributed by atoms with Crippen LogP contribution >= 0.6 is 39.1 Å². The molecule has 0 aromatic heterocycles. The summed E-state index contributed by atoms with van der Waals surface area (Å²) in [4.78, 5) is 11.9. The maximum Gasteiger partial charge on any atom is 0.224 e. The fourth-order valence-corrected chi connectivity index (χ4v) is 3.00. The summed E-state index contributed by atoms with van der Waals surface area (Å²) in [6.45, 7) is 2.40. The molecule has 0 atom stereocenters. The second-order valence-corrected chi connectivity index (χ2v) is 6.76. The van der Waals surface area contributed by atoms with Gasteiger partial charge in [-0.25, -0.2) is 0 Å². The van der Waals surface area contributed by atoms with Gasteiger partial charge in [0.15, 0.2) is 0 Å². The minimum Gasteiger partial charge on any atom is -0.492 e. The number of carbonyl (C=O) groups excluding carboxylic acids is 1. The number of rotatable bonds is 6. The summed E-state index contributed by atoms with van der Waals surface area (Å²) in [5.41, 5.74) is 1.89. The number of anilines is 1. The van der Waals surface area contributed by atoms with E-state index in [1.807, 2.05) is 25.1 Å². The lowest BCUT2D eigenvalue weighted by Crippen LogP contribution is -2.13. The van der Waals surface area contributed by atoms with Gasteiger partial charge >= 0.3 is 0 Å². The van der Waals surface area contributed by atoms with Crippen LogP contribution in [0.5, 0.6) is 5.75 Å². The highest BCUT2D eigenvalue weighted by atomic mass is 79.9. The van der Waals surface area contributed by atoms with Crippen LogP contribution in [-0.4, -0.2) is 12.5 Å². The number of halogens is 3. The van der Waals surface area contributed by atoms with Crippen molar-refractivity contribution in [3.05, 3.63) is 56.5 Å². The molecule has 0 saturated carbocycles. The summed E-state index contributed by atoms with van der Waals surface area (Å²) >= 11 is 15.3. The Bertz CT molecular complexity index is 707. The van der Waals surface area contributed by atoms with Crippen LogP contribution in [0.4, 0.5) is 5.69 Å². The van der Waals surface area contributed by atoms with Gasteiger partial charge in [-0.2, -0.15) is 0 Å². The van der Waals surface area contributed by atoms with Crippen molar-refractivity contribution >= 4 is 50.7 Å². The molecule has 0 bridgehead atoms. The smallest absolute Gasteiger partial charge is 0.224 e. The van der Waals surface area contributed by atoms with Crippen LogP contribution in [0.1, 0.15) is 18.4 Å². The highest BCUT2D eigenvalue weighted by molar-refractivity contribution is 9.10. The third-order valence-electron chi connectivity index (χ3n) is 3.10. The first-order chi connectivity index (χ1) is 11.0. The maximum atomic E-state index is 11.9. The first-order valence-electron chi connectivity index (χ1n) is 7.09. The molecule has 0 spiro atoms. The Kier molecular flexibility index (Phi) is 6.75. The van der Waals surface area contributed by atoms with Crippen molar-refractivity contribution in [2.24, 2.45) is 0 Å². The van der Waals surface area contributed by atoms with Gasteiger partial charge in [0.25, 0.3) is 0 Å². The van der Waals surface area contributed by atoms with Gasteiger partial charge < -0.3 is 10.1 Å². The van der Waals surface area contributed by atoms with E-state index in [9.17, 15) is 4.79 Å². The number of hydrogen-bond donors (Lipinski definition) is 1. The average molecular weight is 417 g/mol. The van der Waals surface area contributed by atoms with E-state index in [0.717, 1.165) is 15.7 Å². The minimum absolute atomic E-state index is 0.0552. The Morgan fingerprint density at radius 1 is 1.22 bits per heavy atom. The zero-order valence-electron chi connectivity index (χ0n) is 12.5. The van der Waals surface area contributed by atoms with Gasteiger partial charge in [-0.3, -0.25) is 4.79 Å². The lowest BCUT2D eigenvalue weighted by atomic mass is 10.2. The van der Waals surface area contributed by atoms with Crippen LogP contribution in [0.2, 0.25) is 10.0 Å². The highest BCUT2D eigenvalue weighted by Crippen LogP contribution is 2.27. The van der Waals surface area contributed by atoms with Crippen LogP contribution in [0.15, 0.2) is 40.9 Å². The van der Waals surface area contributed by atoms with Crippen LogP contribution in [0, 0.1) is 6.92 Å². The molecular weight excluding hydrogens is 401 g/mol. The van der Waals surface area contributed by atoms with E-state index < -0.39 is 0 Å². The van der Waals surface area contributed by atoms with Crippen molar-refractivity contribution in [2.45, 2.75) is 19.8 Å². The van der Waals surface area contributed by atoms with Crippen molar-refractivity contribution < 1.29 is 9.53 Å².